The van der Waals surface area contributed by atoms with Gasteiger partial charge in [-0.15, -0.1) is 11.3 Å². The molecule has 268 valence electrons. The van der Waals surface area contributed by atoms with Gasteiger partial charge in [-0.3, -0.25) is 0 Å². The lowest BCUT2D eigenvalue weighted by atomic mass is 9.67. The molecule has 0 bridgehead atoms. The number of rotatable bonds is 5. The fourth-order valence-electron chi connectivity index (χ4n) is 9.37. The molecule has 1 aliphatic carbocycles. The molecule has 2 aliphatic rings. The van der Waals surface area contributed by atoms with Crippen molar-refractivity contribution >= 4 is 59.3 Å². The van der Waals surface area contributed by atoms with Gasteiger partial charge in [0.2, 0.25) is 0 Å². The Kier molecular flexibility index (Phi) is 7.01. The van der Waals surface area contributed by atoms with Crippen LogP contribution in [0.5, 0.6) is 23.0 Å². The Morgan fingerprint density at radius 2 is 1.09 bits per heavy atom. The number of hydrogen-bond acceptors (Lipinski definition) is 4. The Bertz CT molecular complexity index is 3200. The van der Waals surface area contributed by atoms with E-state index in [0.29, 0.717) is 0 Å². The van der Waals surface area contributed by atoms with Crippen molar-refractivity contribution in [1.82, 2.24) is 0 Å². The highest BCUT2D eigenvalue weighted by Crippen LogP contribution is 2.62. The van der Waals surface area contributed by atoms with E-state index < -0.39 is 5.41 Å². The number of thiophene rings is 1. The molecule has 3 nitrogen and oxygen atoms in total. The monoisotopic (exact) mass is 747 g/mol. The van der Waals surface area contributed by atoms with Crippen molar-refractivity contribution in [2.75, 3.05) is 4.90 Å². The summed E-state index contributed by atoms with van der Waals surface area (Å²) in [7, 11) is 0. The maximum absolute atomic E-state index is 6.74. The van der Waals surface area contributed by atoms with Crippen LogP contribution in [-0.2, 0) is 5.41 Å². The van der Waals surface area contributed by atoms with E-state index in [9.17, 15) is 0 Å². The molecule has 57 heavy (non-hydrogen) atoms. The minimum absolute atomic E-state index is 0.610. The quantitative estimate of drug-likeness (QED) is 0.175. The van der Waals surface area contributed by atoms with E-state index >= 15 is 0 Å². The van der Waals surface area contributed by atoms with Gasteiger partial charge in [-0.2, -0.15) is 0 Å². The highest BCUT2D eigenvalue weighted by atomic mass is 32.1. The van der Waals surface area contributed by atoms with Crippen LogP contribution in [0.3, 0.4) is 0 Å². The second-order valence-corrected chi connectivity index (χ2v) is 15.9. The van der Waals surface area contributed by atoms with Crippen LogP contribution in [0.25, 0.3) is 42.1 Å². The molecule has 0 N–H and O–H groups in total. The Labute approximate surface area is 334 Å². The molecule has 1 unspecified atom stereocenters. The smallest absolute Gasteiger partial charge is 0.178 e. The molecule has 2 heterocycles. The molecule has 1 aromatic heterocycles. The molecule has 0 radical (unpaired) electrons. The van der Waals surface area contributed by atoms with Gasteiger partial charge in [0.15, 0.2) is 23.0 Å². The van der Waals surface area contributed by atoms with Gasteiger partial charge in [0, 0.05) is 42.5 Å². The molecule has 1 atom stereocenters. The van der Waals surface area contributed by atoms with Crippen LogP contribution in [0.4, 0.5) is 17.1 Å². The number of para-hydroxylation sites is 2. The van der Waals surface area contributed by atoms with Gasteiger partial charge in [0.1, 0.15) is 0 Å². The summed E-state index contributed by atoms with van der Waals surface area (Å²) in [5.41, 5.74) is 9.72. The van der Waals surface area contributed by atoms with Crippen molar-refractivity contribution in [3.63, 3.8) is 0 Å². The van der Waals surface area contributed by atoms with Gasteiger partial charge in [-0.1, -0.05) is 146 Å². The normalized spacial score (nSPS) is 15.0. The SMILES string of the molecule is c1ccc(C2(c3ccc(N(c4ccc5c(c4)sc4ccccc45)c4cccc5ccccc45)cc3)c3ccccc3-c3c2ccc2c3Oc3ccccc3O2)cc1. The van der Waals surface area contributed by atoms with E-state index in [-0.39, 0.29) is 0 Å². The molecular formula is C53H33NO2S. The molecule has 0 spiro atoms. The molecule has 10 aromatic rings. The lowest BCUT2D eigenvalue weighted by Gasteiger charge is -2.35. The topological polar surface area (TPSA) is 21.7 Å². The second-order valence-electron chi connectivity index (χ2n) is 14.8. The second kappa shape index (κ2) is 12.4. The number of nitrogens with zero attached hydrogens (tertiary/aromatic N) is 1. The summed E-state index contributed by atoms with van der Waals surface area (Å²) in [5, 5.41) is 5.00. The van der Waals surface area contributed by atoms with Gasteiger partial charge < -0.3 is 14.4 Å². The van der Waals surface area contributed by atoms with Crippen LogP contribution in [0.2, 0.25) is 0 Å². The van der Waals surface area contributed by atoms with Crippen molar-refractivity contribution in [3.8, 4) is 34.1 Å². The van der Waals surface area contributed by atoms with E-state index in [0.717, 1.165) is 51.2 Å². The molecule has 0 saturated carbocycles. The number of anilines is 3. The third-order valence-electron chi connectivity index (χ3n) is 11.8. The van der Waals surface area contributed by atoms with Crippen molar-refractivity contribution < 1.29 is 9.47 Å². The molecule has 4 heteroatoms. The van der Waals surface area contributed by atoms with Gasteiger partial charge >= 0.3 is 0 Å². The molecule has 0 amide bonds. The minimum Gasteiger partial charge on any atom is -0.449 e. The number of ether oxygens (including phenoxy) is 2. The third-order valence-corrected chi connectivity index (χ3v) is 12.9. The molecule has 1 aliphatic heterocycles. The molecular weight excluding hydrogens is 715 g/mol. The summed E-state index contributed by atoms with van der Waals surface area (Å²) in [6.45, 7) is 0. The predicted octanol–water partition coefficient (Wildman–Crippen LogP) is 14.9. The summed E-state index contributed by atoms with van der Waals surface area (Å²) in [5.74, 6) is 2.93. The average molecular weight is 748 g/mol. The van der Waals surface area contributed by atoms with E-state index in [1.807, 2.05) is 35.6 Å². The largest absolute Gasteiger partial charge is 0.449 e. The van der Waals surface area contributed by atoms with Crippen LogP contribution in [0.15, 0.2) is 200 Å². The molecule has 12 rings (SSSR count). The minimum atomic E-state index is -0.610. The maximum Gasteiger partial charge on any atom is 0.178 e. The van der Waals surface area contributed by atoms with Crippen LogP contribution in [0, 0.1) is 0 Å². The Morgan fingerprint density at radius 1 is 0.421 bits per heavy atom. The average Bonchev–Trinajstić information content (AvgIpc) is 3.80. The van der Waals surface area contributed by atoms with E-state index in [1.54, 1.807) is 0 Å². The summed E-state index contributed by atoms with van der Waals surface area (Å²) in [6, 6.07) is 72.0. The standard InChI is InChI=1S/C53H33NO2S/c1-2-15-35(16-3-1)53(43-20-8-6-19-42(43)51-44(53)31-32-48-52(51)56-47-23-10-9-22-46(47)55-48)36-25-27-37(28-26-36)54(45-21-12-14-34-13-4-5-17-39(34)45)38-29-30-41-40-18-7-11-24-49(40)57-50(41)33-38/h1-33H. The van der Waals surface area contributed by atoms with Crippen molar-refractivity contribution in [3.05, 3.63) is 222 Å². The summed E-state index contributed by atoms with van der Waals surface area (Å²) < 4.78 is 15.8. The maximum atomic E-state index is 6.74. The zero-order chi connectivity index (χ0) is 37.5. The lowest BCUT2D eigenvalue weighted by molar-refractivity contribution is 0.360. The number of fused-ring (bicyclic) bond motifs is 10. The predicted molar refractivity (Wildman–Crippen MR) is 235 cm³/mol. The first-order chi connectivity index (χ1) is 28.3. The van der Waals surface area contributed by atoms with Crippen LogP contribution in [-0.4, -0.2) is 0 Å². The number of hydrogen-bond donors (Lipinski definition) is 0. The lowest BCUT2D eigenvalue weighted by Crippen LogP contribution is -2.28. The van der Waals surface area contributed by atoms with Gasteiger partial charge in [-0.05, 0) is 87.8 Å². The first-order valence-electron chi connectivity index (χ1n) is 19.3. The van der Waals surface area contributed by atoms with Crippen molar-refractivity contribution in [1.29, 1.82) is 0 Å². The van der Waals surface area contributed by atoms with E-state index in [1.165, 1.54) is 53.2 Å². The number of benzene rings is 9. The Hall–Kier alpha value is -7.14. The van der Waals surface area contributed by atoms with Crippen molar-refractivity contribution in [2.24, 2.45) is 0 Å². The fourth-order valence-corrected chi connectivity index (χ4v) is 10.5. The van der Waals surface area contributed by atoms with Crippen molar-refractivity contribution in [2.45, 2.75) is 5.41 Å². The highest BCUT2D eigenvalue weighted by Gasteiger charge is 2.48. The van der Waals surface area contributed by atoms with Crippen LogP contribution < -0.4 is 14.4 Å². The van der Waals surface area contributed by atoms with Crippen LogP contribution in [0.1, 0.15) is 22.3 Å². The first kappa shape index (κ1) is 32.1. The first-order valence-corrected chi connectivity index (χ1v) is 20.1. The van der Waals surface area contributed by atoms with Crippen LogP contribution >= 0.6 is 11.3 Å². The zero-order valence-electron chi connectivity index (χ0n) is 30.7. The van der Waals surface area contributed by atoms with E-state index in [4.69, 9.17) is 9.47 Å². The Morgan fingerprint density at radius 3 is 1.96 bits per heavy atom. The molecule has 0 saturated heterocycles. The summed E-state index contributed by atoms with van der Waals surface area (Å²) in [6.07, 6.45) is 0. The Balaban J connectivity index is 1.07. The molecule has 0 fully saturated rings. The molecule has 9 aromatic carbocycles. The van der Waals surface area contributed by atoms with Gasteiger partial charge in [0.25, 0.3) is 0 Å². The third kappa shape index (κ3) is 4.71. The fraction of sp³-hybridized carbons (Fsp3) is 0.0189. The summed E-state index contributed by atoms with van der Waals surface area (Å²) >= 11 is 1.85. The van der Waals surface area contributed by atoms with Gasteiger partial charge in [-0.25, -0.2) is 0 Å². The zero-order valence-corrected chi connectivity index (χ0v) is 31.5. The summed E-state index contributed by atoms with van der Waals surface area (Å²) in [4.78, 5) is 2.42. The van der Waals surface area contributed by atoms with E-state index in [2.05, 4.69) is 181 Å². The highest BCUT2D eigenvalue weighted by molar-refractivity contribution is 7.25. The van der Waals surface area contributed by atoms with Gasteiger partial charge in [0.05, 0.1) is 11.1 Å².